The maximum Gasteiger partial charge on any atom is 0.328 e. The normalized spacial score (nSPS) is 18.4. The van der Waals surface area contributed by atoms with Crippen LogP contribution in [0, 0.1) is 0 Å². The summed E-state index contributed by atoms with van der Waals surface area (Å²) >= 11 is 0. The van der Waals surface area contributed by atoms with Crippen molar-refractivity contribution in [1.29, 1.82) is 0 Å². The number of imide groups is 1. The Hall–Kier alpha value is -3.64. The van der Waals surface area contributed by atoms with Crippen LogP contribution in [0.15, 0.2) is 89.0 Å². The minimum Gasteiger partial charge on any atom is -0.465 e. The van der Waals surface area contributed by atoms with Gasteiger partial charge in [-0.15, -0.1) is 0 Å². The van der Waals surface area contributed by atoms with Crippen molar-refractivity contribution in [3.05, 3.63) is 102 Å². The molecular formula is C30H33N3O3. The van der Waals surface area contributed by atoms with E-state index >= 15 is 0 Å². The quantitative estimate of drug-likeness (QED) is 0.412. The molecule has 3 heterocycles. The SMILES string of the molecule is C/C(=C\c1ccco1)CN1CCC2(CC1)C(=O)N(Cc1ccccc1)C(=O)N2CCc1ccccc1. The van der Waals surface area contributed by atoms with Gasteiger partial charge in [-0.3, -0.25) is 14.6 Å². The van der Waals surface area contributed by atoms with Crippen molar-refractivity contribution in [1.82, 2.24) is 14.7 Å². The summed E-state index contributed by atoms with van der Waals surface area (Å²) in [6.07, 6.45) is 5.76. The molecule has 2 aliphatic rings. The number of piperidine rings is 1. The molecule has 0 bridgehead atoms. The number of amides is 3. The van der Waals surface area contributed by atoms with Crippen molar-refractivity contribution < 1.29 is 14.0 Å². The predicted octanol–water partition coefficient (Wildman–Crippen LogP) is 5.22. The molecule has 1 aromatic heterocycles. The molecule has 2 aliphatic heterocycles. The summed E-state index contributed by atoms with van der Waals surface area (Å²) in [6, 6.07) is 23.6. The van der Waals surface area contributed by atoms with Gasteiger partial charge in [-0.1, -0.05) is 66.2 Å². The van der Waals surface area contributed by atoms with Crippen LogP contribution in [0.1, 0.15) is 36.7 Å². The molecule has 3 aromatic rings. The zero-order valence-corrected chi connectivity index (χ0v) is 20.8. The van der Waals surface area contributed by atoms with E-state index in [1.54, 1.807) is 6.26 Å². The number of likely N-dealkylation sites (tertiary alicyclic amines) is 1. The van der Waals surface area contributed by atoms with Crippen LogP contribution in [0.5, 0.6) is 0 Å². The minimum atomic E-state index is -0.768. The smallest absolute Gasteiger partial charge is 0.328 e. The van der Waals surface area contributed by atoms with E-state index in [0.29, 0.717) is 25.9 Å². The van der Waals surface area contributed by atoms with Gasteiger partial charge >= 0.3 is 6.03 Å². The Kier molecular flexibility index (Phi) is 7.05. The molecule has 0 N–H and O–H groups in total. The molecule has 0 unspecified atom stereocenters. The van der Waals surface area contributed by atoms with Crippen molar-refractivity contribution in [2.45, 2.75) is 38.3 Å². The lowest BCUT2D eigenvalue weighted by molar-refractivity contribution is -0.136. The third kappa shape index (κ3) is 5.00. The highest BCUT2D eigenvalue weighted by Gasteiger charge is 2.57. The molecule has 36 heavy (non-hydrogen) atoms. The molecule has 0 atom stereocenters. The fraction of sp³-hybridized carbons (Fsp3) is 0.333. The summed E-state index contributed by atoms with van der Waals surface area (Å²) in [7, 11) is 0. The van der Waals surface area contributed by atoms with E-state index in [1.807, 2.05) is 65.6 Å². The summed E-state index contributed by atoms with van der Waals surface area (Å²) in [5.41, 5.74) is 2.58. The summed E-state index contributed by atoms with van der Waals surface area (Å²) in [5.74, 6) is 0.799. The van der Waals surface area contributed by atoms with E-state index in [0.717, 1.165) is 37.4 Å². The van der Waals surface area contributed by atoms with E-state index in [9.17, 15) is 9.59 Å². The standard InChI is InChI=1S/C30H33N3O3/c1-24(21-27-13-8-20-36-27)22-31-18-15-30(16-19-31)28(34)32(23-26-11-6-3-7-12-26)29(35)33(30)17-14-25-9-4-2-5-10-25/h2-13,20-21H,14-19,22-23H2,1H3/b24-21+. The molecule has 5 rings (SSSR count). The predicted molar refractivity (Wildman–Crippen MR) is 140 cm³/mol. The van der Waals surface area contributed by atoms with Gasteiger partial charge in [0.1, 0.15) is 11.3 Å². The van der Waals surface area contributed by atoms with Gasteiger partial charge in [0, 0.05) is 26.2 Å². The number of benzene rings is 2. The Labute approximate surface area is 212 Å². The first-order chi connectivity index (χ1) is 17.5. The minimum absolute atomic E-state index is 0.0492. The van der Waals surface area contributed by atoms with E-state index in [1.165, 1.54) is 16.0 Å². The second-order valence-electron chi connectivity index (χ2n) is 9.86. The molecule has 2 fully saturated rings. The highest BCUT2D eigenvalue weighted by atomic mass is 16.3. The van der Waals surface area contributed by atoms with E-state index in [2.05, 4.69) is 30.0 Å². The fourth-order valence-electron chi connectivity index (χ4n) is 5.46. The van der Waals surface area contributed by atoms with Crippen LogP contribution in [0.2, 0.25) is 0 Å². The monoisotopic (exact) mass is 483 g/mol. The third-order valence-corrected chi connectivity index (χ3v) is 7.36. The Morgan fingerprint density at radius 2 is 1.58 bits per heavy atom. The van der Waals surface area contributed by atoms with Gasteiger partial charge in [0.15, 0.2) is 0 Å². The first-order valence-corrected chi connectivity index (χ1v) is 12.7. The number of hydrogen-bond acceptors (Lipinski definition) is 4. The van der Waals surface area contributed by atoms with Crippen molar-refractivity contribution in [2.24, 2.45) is 0 Å². The number of urea groups is 1. The molecule has 0 radical (unpaired) electrons. The van der Waals surface area contributed by atoms with Gasteiger partial charge in [0.05, 0.1) is 12.8 Å². The third-order valence-electron chi connectivity index (χ3n) is 7.36. The number of carbonyl (C=O) groups is 2. The Morgan fingerprint density at radius 1 is 0.917 bits per heavy atom. The molecule has 2 saturated heterocycles. The van der Waals surface area contributed by atoms with Crippen molar-refractivity contribution in [3.8, 4) is 0 Å². The van der Waals surface area contributed by atoms with Crippen LogP contribution in [-0.2, 0) is 17.8 Å². The van der Waals surface area contributed by atoms with Crippen LogP contribution >= 0.6 is 0 Å². The van der Waals surface area contributed by atoms with Crippen LogP contribution in [0.25, 0.3) is 6.08 Å². The van der Waals surface area contributed by atoms with Crippen molar-refractivity contribution >= 4 is 18.0 Å². The van der Waals surface area contributed by atoms with Gasteiger partial charge in [0.25, 0.3) is 5.91 Å². The largest absolute Gasteiger partial charge is 0.465 e. The topological polar surface area (TPSA) is 57.0 Å². The van der Waals surface area contributed by atoms with Gasteiger partial charge in [0.2, 0.25) is 0 Å². The molecule has 0 saturated carbocycles. The second kappa shape index (κ2) is 10.5. The molecule has 1 spiro atoms. The van der Waals surface area contributed by atoms with Gasteiger partial charge in [-0.2, -0.15) is 0 Å². The van der Waals surface area contributed by atoms with Gasteiger partial charge in [-0.05, 0) is 55.5 Å². The molecule has 6 heteroatoms. The Bertz CT molecular complexity index is 1200. The lowest BCUT2D eigenvalue weighted by Gasteiger charge is -2.42. The molecule has 6 nitrogen and oxygen atoms in total. The van der Waals surface area contributed by atoms with Crippen LogP contribution in [0.3, 0.4) is 0 Å². The maximum atomic E-state index is 13.9. The Balaban J connectivity index is 1.33. The number of hydrogen-bond donors (Lipinski definition) is 0. The molecular weight excluding hydrogens is 450 g/mol. The maximum absolute atomic E-state index is 13.9. The van der Waals surface area contributed by atoms with Crippen LogP contribution in [0.4, 0.5) is 4.79 Å². The number of rotatable bonds is 8. The number of nitrogens with zero attached hydrogens (tertiary/aromatic N) is 3. The number of furan rings is 1. The number of carbonyl (C=O) groups excluding carboxylic acids is 2. The highest BCUT2D eigenvalue weighted by molar-refractivity contribution is 6.07. The first kappa shape index (κ1) is 24.1. The average Bonchev–Trinajstić information content (AvgIpc) is 3.47. The fourth-order valence-corrected chi connectivity index (χ4v) is 5.46. The lowest BCUT2D eigenvalue weighted by atomic mass is 9.85. The summed E-state index contributed by atoms with van der Waals surface area (Å²) < 4.78 is 5.44. The molecule has 0 aliphatic carbocycles. The van der Waals surface area contributed by atoms with Crippen molar-refractivity contribution in [3.63, 3.8) is 0 Å². The molecule has 2 aromatic carbocycles. The van der Waals surface area contributed by atoms with E-state index < -0.39 is 5.54 Å². The Morgan fingerprint density at radius 3 is 2.22 bits per heavy atom. The zero-order valence-electron chi connectivity index (χ0n) is 20.8. The molecule has 186 valence electrons. The van der Waals surface area contributed by atoms with Gasteiger partial charge in [-0.25, -0.2) is 4.79 Å². The van der Waals surface area contributed by atoms with Crippen LogP contribution < -0.4 is 0 Å². The summed E-state index contributed by atoms with van der Waals surface area (Å²) in [6.45, 7) is 5.31. The molecule has 3 amide bonds. The second-order valence-corrected chi connectivity index (χ2v) is 9.86. The summed E-state index contributed by atoms with van der Waals surface area (Å²) in [5, 5.41) is 0. The van der Waals surface area contributed by atoms with E-state index in [4.69, 9.17) is 4.42 Å². The van der Waals surface area contributed by atoms with E-state index in [-0.39, 0.29) is 11.9 Å². The summed E-state index contributed by atoms with van der Waals surface area (Å²) in [4.78, 5) is 33.2. The first-order valence-electron chi connectivity index (χ1n) is 12.7. The van der Waals surface area contributed by atoms with Crippen molar-refractivity contribution in [2.75, 3.05) is 26.2 Å². The van der Waals surface area contributed by atoms with Crippen LogP contribution in [-0.4, -0.2) is 58.4 Å². The zero-order chi connectivity index (χ0) is 25.0. The average molecular weight is 484 g/mol. The van der Waals surface area contributed by atoms with Gasteiger partial charge < -0.3 is 9.32 Å². The lowest BCUT2D eigenvalue weighted by Crippen LogP contribution is -2.57. The highest BCUT2D eigenvalue weighted by Crippen LogP contribution is 2.38.